The van der Waals surface area contributed by atoms with Crippen LogP contribution in [0.2, 0.25) is 0 Å². The Balaban J connectivity index is 1.56. The van der Waals surface area contributed by atoms with Gasteiger partial charge in [0.25, 0.3) is 0 Å². The lowest BCUT2D eigenvalue weighted by atomic mass is 9.62. The number of rotatable bonds is 3. The van der Waals surface area contributed by atoms with E-state index in [2.05, 4.69) is 57.0 Å². The molecule has 0 spiro atoms. The molecule has 0 amide bonds. The first-order valence-electron chi connectivity index (χ1n) is 10.7. The van der Waals surface area contributed by atoms with Gasteiger partial charge in [-0.25, -0.2) is 4.79 Å². The molecule has 0 aliphatic heterocycles. The number of hydrogen-bond acceptors (Lipinski definition) is 2. The minimum atomic E-state index is -0.934. The molecular formula is C26H31NO2. The number of hydrogen-bond donors (Lipinski definition) is 1. The van der Waals surface area contributed by atoms with Crippen molar-refractivity contribution in [2.75, 3.05) is 0 Å². The van der Waals surface area contributed by atoms with E-state index in [0.717, 1.165) is 18.5 Å². The Morgan fingerprint density at radius 3 is 2.45 bits per heavy atom. The largest absolute Gasteiger partial charge is 0.478 e. The maximum atomic E-state index is 11.0. The van der Waals surface area contributed by atoms with Crippen molar-refractivity contribution < 1.29 is 9.90 Å². The van der Waals surface area contributed by atoms with Gasteiger partial charge in [0.2, 0.25) is 0 Å². The lowest BCUT2D eigenvalue weighted by Gasteiger charge is -2.42. The van der Waals surface area contributed by atoms with Crippen LogP contribution in [-0.2, 0) is 10.8 Å². The molecule has 1 N–H and O–H groups in total. The Kier molecular flexibility index (Phi) is 4.88. The predicted octanol–water partition coefficient (Wildman–Crippen LogP) is 6.48. The second-order valence-corrected chi connectivity index (χ2v) is 10.1. The van der Waals surface area contributed by atoms with Crippen LogP contribution in [0.5, 0.6) is 0 Å². The molecule has 0 radical (unpaired) electrons. The number of aromatic nitrogens is 1. The summed E-state index contributed by atoms with van der Waals surface area (Å²) >= 11 is 0. The fraction of sp³-hybridized carbons (Fsp3) is 0.462. The minimum absolute atomic E-state index is 0.232. The number of pyridine rings is 1. The molecule has 4 rings (SSSR count). The van der Waals surface area contributed by atoms with Gasteiger partial charge in [-0.15, -0.1) is 0 Å². The summed E-state index contributed by atoms with van der Waals surface area (Å²) in [4.78, 5) is 15.3. The highest BCUT2D eigenvalue weighted by atomic mass is 16.4. The molecule has 29 heavy (non-hydrogen) atoms. The van der Waals surface area contributed by atoms with Gasteiger partial charge in [0.1, 0.15) is 0 Å². The van der Waals surface area contributed by atoms with Crippen LogP contribution in [0.15, 0.2) is 42.1 Å². The molecule has 2 aromatic rings. The average molecular weight is 390 g/mol. The Morgan fingerprint density at radius 2 is 1.79 bits per heavy atom. The molecule has 1 fully saturated rings. The zero-order valence-corrected chi connectivity index (χ0v) is 18.0. The normalized spacial score (nSPS) is 23.7. The molecule has 0 bridgehead atoms. The van der Waals surface area contributed by atoms with Gasteiger partial charge < -0.3 is 5.11 Å². The van der Waals surface area contributed by atoms with Crippen molar-refractivity contribution >= 4 is 12.0 Å². The number of nitrogens with zero attached hydrogens (tertiary/aromatic N) is 1. The van der Waals surface area contributed by atoms with E-state index >= 15 is 0 Å². The number of carboxylic acid groups (broad SMARTS) is 1. The average Bonchev–Trinajstić information content (AvgIpc) is 3.14. The molecule has 0 saturated heterocycles. The first-order valence-corrected chi connectivity index (χ1v) is 10.7. The summed E-state index contributed by atoms with van der Waals surface area (Å²) < 4.78 is 0. The van der Waals surface area contributed by atoms with Gasteiger partial charge in [0.05, 0.1) is 11.3 Å². The molecular weight excluding hydrogens is 358 g/mol. The lowest BCUT2D eigenvalue weighted by molar-refractivity contribution is 0.0696. The zero-order valence-electron chi connectivity index (χ0n) is 18.0. The van der Waals surface area contributed by atoms with Crippen molar-refractivity contribution in [3.63, 3.8) is 0 Å². The SMILES string of the molecule is CC1(C)CCC(C)(C)c2cc(C3CC/C(=C\c4ccc(C(=O)O)cn4)C3)ccc21. The maximum Gasteiger partial charge on any atom is 0.337 e. The fourth-order valence-electron chi connectivity index (χ4n) is 4.98. The van der Waals surface area contributed by atoms with Crippen LogP contribution in [0.1, 0.15) is 98.5 Å². The summed E-state index contributed by atoms with van der Waals surface area (Å²) in [6.07, 6.45) is 9.37. The van der Waals surface area contributed by atoms with Crippen molar-refractivity contribution in [3.8, 4) is 0 Å². The third-order valence-electron chi connectivity index (χ3n) is 7.06. The molecule has 3 heteroatoms. The molecule has 1 unspecified atom stereocenters. The van der Waals surface area contributed by atoms with E-state index in [1.54, 1.807) is 12.1 Å². The second kappa shape index (κ2) is 7.12. The molecule has 1 aromatic heterocycles. The predicted molar refractivity (Wildman–Crippen MR) is 117 cm³/mol. The minimum Gasteiger partial charge on any atom is -0.478 e. The van der Waals surface area contributed by atoms with Crippen LogP contribution in [0.3, 0.4) is 0 Å². The molecule has 1 aromatic carbocycles. The van der Waals surface area contributed by atoms with E-state index in [1.165, 1.54) is 47.7 Å². The summed E-state index contributed by atoms with van der Waals surface area (Å²) in [6.45, 7) is 9.52. The van der Waals surface area contributed by atoms with Crippen molar-refractivity contribution in [3.05, 3.63) is 70.0 Å². The van der Waals surface area contributed by atoms with Crippen LogP contribution in [-0.4, -0.2) is 16.1 Å². The number of carboxylic acids is 1. The highest BCUT2D eigenvalue weighted by Gasteiger charge is 2.37. The lowest BCUT2D eigenvalue weighted by Crippen LogP contribution is -2.33. The molecule has 152 valence electrons. The number of carbonyl (C=O) groups is 1. The second-order valence-electron chi connectivity index (χ2n) is 10.1. The van der Waals surface area contributed by atoms with Crippen molar-refractivity contribution in [2.45, 2.75) is 76.5 Å². The van der Waals surface area contributed by atoms with Gasteiger partial charge in [-0.05, 0) is 83.8 Å². The standard InChI is InChI=1S/C26H31NO2/c1-25(2)11-12-26(3,4)23-15-19(8-10-22(23)25)18-6-5-17(13-18)14-21-9-7-20(16-27-21)24(28)29/h7-10,14-16,18H,5-6,11-13H2,1-4H3,(H,28,29)/b17-14+. The van der Waals surface area contributed by atoms with Gasteiger partial charge in [-0.2, -0.15) is 0 Å². The smallest absolute Gasteiger partial charge is 0.337 e. The number of aromatic carboxylic acids is 1. The van der Waals surface area contributed by atoms with E-state index in [0.29, 0.717) is 5.92 Å². The Labute approximate surface area is 173 Å². The van der Waals surface area contributed by atoms with Crippen LogP contribution < -0.4 is 0 Å². The summed E-state index contributed by atoms with van der Waals surface area (Å²) in [7, 11) is 0. The molecule has 1 heterocycles. The van der Waals surface area contributed by atoms with E-state index in [-0.39, 0.29) is 16.4 Å². The maximum absolute atomic E-state index is 11.0. The number of allylic oxidation sites excluding steroid dienone is 1. The highest BCUT2D eigenvalue weighted by Crippen LogP contribution is 2.48. The molecule has 3 nitrogen and oxygen atoms in total. The van der Waals surface area contributed by atoms with Gasteiger partial charge >= 0.3 is 5.97 Å². The van der Waals surface area contributed by atoms with E-state index in [9.17, 15) is 4.79 Å². The molecule has 2 aliphatic carbocycles. The first-order chi connectivity index (χ1) is 13.7. The van der Waals surface area contributed by atoms with Gasteiger partial charge in [0.15, 0.2) is 0 Å². The summed E-state index contributed by atoms with van der Waals surface area (Å²) in [5.74, 6) is -0.373. The first kappa shape index (κ1) is 19.9. The monoisotopic (exact) mass is 389 g/mol. The third kappa shape index (κ3) is 3.88. The highest BCUT2D eigenvalue weighted by molar-refractivity contribution is 5.87. The third-order valence-corrected chi connectivity index (χ3v) is 7.06. The van der Waals surface area contributed by atoms with Crippen molar-refractivity contribution in [1.29, 1.82) is 0 Å². The number of fused-ring (bicyclic) bond motifs is 1. The van der Waals surface area contributed by atoms with Crippen LogP contribution >= 0.6 is 0 Å². The van der Waals surface area contributed by atoms with Gasteiger partial charge in [0, 0.05) is 6.20 Å². The summed E-state index contributed by atoms with van der Waals surface area (Å²) in [5.41, 5.74) is 7.51. The molecule has 1 saturated carbocycles. The van der Waals surface area contributed by atoms with Crippen LogP contribution in [0.25, 0.3) is 6.08 Å². The van der Waals surface area contributed by atoms with E-state index < -0.39 is 5.97 Å². The summed E-state index contributed by atoms with van der Waals surface area (Å²) in [5, 5.41) is 9.02. The summed E-state index contributed by atoms with van der Waals surface area (Å²) in [6, 6.07) is 10.7. The zero-order chi connectivity index (χ0) is 20.8. The Hall–Kier alpha value is -2.42. The number of benzene rings is 1. The van der Waals surface area contributed by atoms with Gasteiger partial charge in [-0.3, -0.25) is 4.98 Å². The van der Waals surface area contributed by atoms with Crippen LogP contribution in [0, 0.1) is 0 Å². The molecule has 2 aliphatic rings. The fourth-order valence-corrected chi connectivity index (χ4v) is 4.98. The Bertz CT molecular complexity index is 967. The van der Waals surface area contributed by atoms with Crippen molar-refractivity contribution in [1.82, 2.24) is 4.98 Å². The van der Waals surface area contributed by atoms with E-state index in [4.69, 9.17) is 5.11 Å². The topological polar surface area (TPSA) is 50.2 Å². The van der Waals surface area contributed by atoms with Gasteiger partial charge in [-0.1, -0.05) is 51.5 Å². The van der Waals surface area contributed by atoms with Crippen LogP contribution in [0.4, 0.5) is 0 Å². The molecule has 1 atom stereocenters. The Morgan fingerprint density at radius 1 is 1.07 bits per heavy atom. The quantitative estimate of drug-likeness (QED) is 0.653. The van der Waals surface area contributed by atoms with Crippen molar-refractivity contribution in [2.24, 2.45) is 0 Å². The van der Waals surface area contributed by atoms with E-state index in [1.807, 2.05) is 0 Å².